The van der Waals surface area contributed by atoms with Crippen LogP contribution in [0.5, 0.6) is 11.6 Å². The van der Waals surface area contributed by atoms with E-state index in [-0.39, 0.29) is 18.1 Å². The first-order valence-electron chi connectivity index (χ1n) is 14.7. The normalized spacial score (nSPS) is 20.8. The molecule has 3 aliphatic heterocycles. The molecule has 3 fully saturated rings. The Labute approximate surface area is 242 Å². The lowest BCUT2D eigenvalue weighted by Crippen LogP contribution is -2.47. The van der Waals surface area contributed by atoms with Gasteiger partial charge < -0.3 is 19.3 Å². The number of nitrogens with zero attached hydrogens (tertiary/aromatic N) is 5. The molecule has 0 aliphatic carbocycles. The third-order valence-electron chi connectivity index (χ3n) is 8.58. The molecule has 41 heavy (non-hydrogen) atoms. The Morgan fingerprint density at radius 3 is 2.39 bits per heavy atom. The summed E-state index contributed by atoms with van der Waals surface area (Å²) in [6.45, 7) is 5.92. The van der Waals surface area contributed by atoms with Crippen LogP contribution in [0.1, 0.15) is 48.4 Å². The van der Waals surface area contributed by atoms with Crippen LogP contribution in [0.25, 0.3) is 0 Å². The highest BCUT2D eigenvalue weighted by Crippen LogP contribution is 2.36. The van der Waals surface area contributed by atoms with Crippen LogP contribution in [0.2, 0.25) is 0 Å². The number of amides is 2. The average molecular weight is 552 g/mol. The molecule has 2 amide bonds. The zero-order chi connectivity index (χ0) is 28.0. The topological polar surface area (TPSA) is 81.9 Å². The number of carbonyl (C=O) groups excluding carboxylic acids is 1. The second-order valence-electron chi connectivity index (χ2n) is 11.3. The van der Waals surface area contributed by atoms with Gasteiger partial charge in [-0.15, -0.1) is 0 Å². The fraction of sp³-hybridized carbons (Fsp3) is 0.424. The average Bonchev–Trinajstić information content (AvgIpc) is 3.35. The second kappa shape index (κ2) is 12.7. The highest BCUT2D eigenvalue weighted by molar-refractivity contribution is 5.78. The molecule has 212 valence electrons. The maximum Gasteiger partial charge on any atom is 0.320 e. The van der Waals surface area contributed by atoms with E-state index in [1.54, 1.807) is 24.3 Å². The van der Waals surface area contributed by atoms with Gasteiger partial charge in [-0.3, -0.25) is 4.90 Å². The Balaban J connectivity index is 1.06. The minimum Gasteiger partial charge on any atom is -0.439 e. The third-order valence-corrected chi connectivity index (χ3v) is 8.58. The van der Waals surface area contributed by atoms with Crippen molar-refractivity contribution >= 4 is 6.03 Å². The van der Waals surface area contributed by atoms with Gasteiger partial charge in [0.2, 0.25) is 5.88 Å². The predicted molar refractivity (Wildman–Crippen MR) is 155 cm³/mol. The first kappa shape index (κ1) is 27.3. The van der Waals surface area contributed by atoms with Crippen molar-refractivity contribution in [3.8, 4) is 17.7 Å². The molecule has 0 N–H and O–H groups in total. The molecule has 3 saturated heterocycles. The Morgan fingerprint density at radius 2 is 1.71 bits per heavy atom. The van der Waals surface area contributed by atoms with Crippen molar-refractivity contribution in [2.75, 3.05) is 39.4 Å². The molecule has 6 rings (SSSR count). The van der Waals surface area contributed by atoms with Gasteiger partial charge in [0.05, 0.1) is 17.7 Å². The van der Waals surface area contributed by atoms with Gasteiger partial charge in [-0.05, 0) is 67.0 Å². The lowest BCUT2D eigenvalue weighted by atomic mass is 9.98. The molecule has 0 spiro atoms. The van der Waals surface area contributed by atoms with E-state index in [1.807, 2.05) is 18.3 Å². The molecule has 8 heteroatoms. The molecular weight excluding hydrogens is 514 g/mol. The number of carbonyl (C=O) groups is 1. The Morgan fingerprint density at radius 1 is 0.951 bits per heavy atom. The minimum atomic E-state index is 0.105. The number of benzene rings is 2. The Bertz CT molecular complexity index is 1330. The van der Waals surface area contributed by atoms with Crippen LogP contribution in [-0.2, 0) is 11.3 Å². The van der Waals surface area contributed by atoms with Gasteiger partial charge in [-0.25, -0.2) is 9.78 Å². The van der Waals surface area contributed by atoms with E-state index in [2.05, 4.69) is 56.1 Å². The summed E-state index contributed by atoms with van der Waals surface area (Å²) in [7, 11) is 0. The van der Waals surface area contributed by atoms with E-state index in [0.29, 0.717) is 23.1 Å². The molecular formula is C33H37N5O3. The van der Waals surface area contributed by atoms with Crippen LogP contribution in [-0.4, -0.2) is 71.1 Å². The van der Waals surface area contributed by atoms with Gasteiger partial charge in [0.15, 0.2) is 0 Å². The number of piperidine rings is 1. The van der Waals surface area contributed by atoms with E-state index in [4.69, 9.17) is 14.7 Å². The Kier molecular flexibility index (Phi) is 8.45. The predicted octanol–water partition coefficient (Wildman–Crippen LogP) is 5.62. The number of rotatable bonds is 8. The van der Waals surface area contributed by atoms with Gasteiger partial charge in [-0.2, -0.15) is 5.26 Å². The molecule has 3 aliphatic rings. The lowest BCUT2D eigenvalue weighted by molar-refractivity contribution is 0.0574. The summed E-state index contributed by atoms with van der Waals surface area (Å²) in [5, 5.41) is 8.96. The first-order chi connectivity index (χ1) is 20.2. The zero-order valence-corrected chi connectivity index (χ0v) is 23.4. The van der Waals surface area contributed by atoms with Crippen molar-refractivity contribution in [3.05, 3.63) is 89.6 Å². The van der Waals surface area contributed by atoms with E-state index in [9.17, 15) is 4.79 Å². The minimum absolute atomic E-state index is 0.105. The van der Waals surface area contributed by atoms with Crippen LogP contribution < -0.4 is 4.74 Å². The van der Waals surface area contributed by atoms with Crippen LogP contribution in [0.15, 0.2) is 72.9 Å². The van der Waals surface area contributed by atoms with Gasteiger partial charge >= 0.3 is 6.03 Å². The van der Waals surface area contributed by atoms with E-state index < -0.39 is 0 Å². The number of aromatic nitrogens is 1. The largest absolute Gasteiger partial charge is 0.439 e. The van der Waals surface area contributed by atoms with Crippen LogP contribution >= 0.6 is 0 Å². The summed E-state index contributed by atoms with van der Waals surface area (Å²) < 4.78 is 11.4. The van der Waals surface area contributed by atoms with Crippen LogP contribution in [0.3, 0.4) is 0 Å². The smallest absolute Gasteiger partial charge is 0.320 e. The fourth-order valence-corrected chi connectivity index (χ4v) is 6.31. The number of hydrogen-bond acceptors (Lipinski definition) is 6. The molecule has 1 aromatic heterocycles. The fourth-order valence-electron chi connectivity index (χ4n) is 6.31. The van der Waals surface area contributed by atoms with Crippen molar-refractivity contribution in [2.24, 2.45) is 5.92 Å². The molecule has 8 nitrogen and oxygen atoms in total. The quantitative estimate of drug-likeness (QED) is 0.362. The number of nitriles is 1. The summed E-state index contributed by atoms with van der Waals surface area (Å²) in [6, 6.07) is 24.1. The van der Waals surface area contributed by atoms with Gasteiger partial charge in [0.1, 0.15) is 5.75 Å². The molecule has 0 radical (unpaired) electrons. The molecule has 4 heterocycles. The van der Waals surface area contributed by atoms with Crippen molar-refractivity contribution in [3.63, 3.8) is 0 Å². The molecule has 0 bridgehead atoms. The number of ether oxygens (including phenoxy) is 2. The highest BCUT2D eigenvalue weighted by Gasteiger charge is 2.43. The standard InChI is InChI=1S/C33H37N5O3/c34-20-25-6-9-30(10-7-25)41-32-11-8-27(21-35-32)22-36-16-12-29(13-17-36)38-31(28-4-2-1-3-5-28)24-37(33(38)39)23-26-14-18-40-19-15-26/h1-11,21,26,29,31H,12-19,22-24H2. The molecule has 2 aromatic carbocycles. The number of pyridine rings is 1. The number of hydrogen-bond donors (Lipinski definition) is 0. The maximum absolute atomic E-state index is 13.8. The molecule has 1 atom stereocenters. The lowest BCUT2D eigenvalue weighted by Gasteiger charge is -2.39. The Hall–Kier alpha value is -3.93. The first-order valence-corrected chi connectivity index (χ1v) is 14.7. The van der Waals surface area contributed by atoms with Gasteiger partial charge in [-0.1, -0.05) is 36.4 Å². The summed E-state index contributed by atoms with van der Waals surface area (Å²) in [5.41, 5.74) is 2.96. The van der Waals surface area contributed by atoms with Gasteiger partial charge in [0, 0.05) is 64.2 Å². The number of urea groups is 1. The second-order valence-corrected chi connectivity index (χ2v) is 11.3. The monoisotopic (exact) mass is 551 g/mol. The summed E-state index contributed by atoms with van der Waals surface area (Å²) >= 11 is 0. The van der Waals surface area contributed by atoms with Crippen LogP contribution in [0.4, 0.5) is 4.79 Å². The molecule has 0 saturated carbocycles. The van der Waals surface area contributed by atoms with E-state index in [1.165, 1.54) is 5.56 Å². The SMILES string of the molecule is N#Cc1ccc(Oc2ccc(CN3CCC(N4C(=O)N(CC5CCOCC5)CC4c4ccccc4)CC3)cn2)cc1. The maximum atomic E-state index is 13.8. The van der Waals surface area contributed by atoms with Crippen LogP contribution in [0, 0.1) is 17.2 Å². The molecule has 1 unspecified atom stereocenters. The van der Waals surface area contributed by atoms with Crippen molar-refractivity contribution in [2.45, 2.75) is 44.3 Å². The molecule has 3 aromatic rings. The van der Waals surface area contributed by atoms with Crippen molar-refractivity contribution in [1.82, 2.24) is 19.7 Å². The summed E-state index contributed by atoms with van der Waals surface area (Å²) in [5.74, 6) is 1.71. The third kappa shape index (κ3) is 6.53. The van der Waals surface area contributed by atoms with E-state index >= 15 is 0 Å². The van der Waals surface area contributed by atoms with Crippen molar-refractivity contribution in [1.29, 1.82) is 5.26 Å². The van der Waals surface area contributed by atoms with E-state index in [0.717, 1.165) is 77.2 Å². The summed E-state index contributed by atoms with van der Waals surface area (Å²) in [6.07, 6.45) is 5.88. The number of likely N-dealkylation sites (tertiary alicyclic amines) is 1. The van der Waals surface area contributed by atoms with Crippen molar-refractivity contribution < 1.29 is 14.3 Å². The zero-order valence-electron chi connectivity index (χ0n) is 23.4. The highest BCUT2D eigenvalue weighted by atomic mass is 16.5. The summed E-state index contributed by atoms with van der Waals surface area (Å²) in [4.78, 5) is 25.0. The van der Waals surface area contributed by atoms with Gasteiger partial charge in [0.25, 0.3) is 0 Å².